The van der Waals surface area contributed by atoms with Crippen molar-refractivity contribution >= 4 is 40.8 Å². The number of carbonyl (C=O) groups is 3. The van der Waals surface area contributed by atoms with Gasteiger partial charge in [-0.15, -0.1) is 0 Å². The van der Waals surface area contributed by atoms with Crippen LogP contribution in [0.2, 0.25) is 5.02 Å². The van der Waals surface area contributed by atoms with Crippen LogP contribution in [0.1, 0.15) is 20.7 Å². The highest BCUT2D eigenvalue weighted by Gasteiger charge is 2.16. The molecule has 0 fully saturated rings. The van der Waals surface area contributed by atoms with E-state index < -0.39 is 22.7 Å². The lowest BCUT2D eigenvalue weighted by molar-refractivity contribution is -0.384. The lowest BCUT2D eigenvalue weighted by Gasteiger charge is -2.07. The maximum Gasteiger partial charge on any atom is 0.325 e. The van der Waals surface area contributed by atoms with Crippen molar-refractivity contribution in [3.63, 3.8) is 0 Å². The summed E-state index contributed by atoms with van der Waals surface area (Å²) in [4.78, 5) is 45.3. The summed E-state index contributed by atoms with van der Waals surface area (Å²) in [7, 11) is 1.21. The molecule has 2 amide bonds. The van der Waals surface area contributed by atoms with E-state index in [1.165, 1.54) is 43.5 Å². The van der Waals surface area contributed by atoms with E-state index in [-0.39, 0.29) is 28.4 Å². The third-order valence-electron chi connectivity index (χ3n) is 3.43. The van der Waals surface area contributed by atoms with Crippen molar-refractivity contribution in [3.8, 4) is 0 Å². The van der Waals surface area contributed by atoms with E-state index in [0.717, 1.165) is 6.07 Å². The monoisotopic (exact) mass is 391 g/mol. The molecule has 0 aromatic heterocycles. The van der Waals surface area contributed by atoms with Gasteiger partial charge in [0.2, 0.25) is 0 Å². The second kappa shape index (κ2) is 8.77. The second-order valence-electron chi connectivity index (χ2n) is 5.21. The van der Waals surface area contributed by atoms with E-state index in [9.17, 15) is 24.5 Å². The molecule has 0 aliphatic heterocycles. The highest BCUT2D eigenvalue weighted by molar-refractivity contribution is 6.32. The number of anilines is 1. The minimum Gasteiger partial charge on any atom is -0.468 e. The molecule has 0 atom stereocenters. The van der Waals surface area contributed by atoms with Gasteiger partial charge in [-0.3, -0.25) is 24.5 Å². The highest BCUT2D eigenvalue weighted by Crippen LogP contribution is 2.25. The van der Waals surface area contributed by atoms with Gasteiger partial charge < -0.3 is 15.4 Å². The summed E-state index contributed by atoms with van der Waals surface area (Å²) in [5.41, 5.74) is 0.342. The Morgan fingerprint density at radius 2 is 1.70 bits per heavy atom. The molecule has 2 aromatic rings. The summed E-state index contributed by atoms with van der Waals surface area (Å²) in [6.07, 6.45) is 0. The van der Waals surface area contributed by atoms with Crippen LogP contribution in [0.15, 0.2) is 42.5 Å². The van der Waals surface area contributed by atoms with Gasteiger partial charge in [0.1, 0.15) is 11.6 Å². The molecule has 0 bridgehead atoms. The van der Waals surface area contributed by atoms with Crippen molar-refractivity contribution in [2.45, 2.75) is 0 Å². The Balaban J connectivity index is 2.05. The van der Waals surface area contributed by atoms with E-state index in [1.807, 2.05) is 0 Å². The van der Waals surface area contributed by atoms with Gasteiger partial charge >= 0.3 is 5.97 Å². The molecule has 0 aliphatic carbocycles. The topological polar surface area (TPSA) is 128 Å². The van der Waals surface area contributed by atoms with Crippen LogP contribution in [0.5, 0.6) is 0 Å². The molecule has 27 heavy (non-hydrogen) atoms. The third kappa shape index (κ3) is 5.25. The van der Waals surface area contributed by atoms with Crippen LogP contribution >= 0.6 is 11.6 Å². The fraction of sp³-hybridized carbons (Fsp3) is 0.118. The summed E-state index contributed by atoms with van der Waals surface area (Å²) < 4.78 is 4.42. The number of esters is 1. The number of nitro groups is 1. The molecule has 10 heteroatoms. The van der Waals surface area contributed by atoms with Crippen molar-refractivity contribution in [3.05, 3.63) is 68.7 Å². The molecule has 2 rings (SSSR count). The van der Waals surface area contributed by atoms with E-state index in [2.05, 4.69) is 15.4 Å². The first-order chi connectivity index (χ1) is 12.8. The SMILES string of the molecule is COC(=O)CNC(=O)c1ccc(NC(=O)c2ccc(Cl)c([N+](=O)[O-])c2)cc1. The molecule has 0 unspecified atom stereocenters. The Morgan fingerprint density at radius 1 is 1.07 bits per heavy atom. The van der Waals surface area contributed by atoms with Crippen LogP contribution < -0.4 is 10.6 Å². The number of ether oxygens (including phenoxy) is 1. The Kier molecular flexibility index (Phi) is 6.45. The van der Waals surface area contributed by atoms with Crippen molar-refractivity contribution in [1.82, 2.24) is 5.32 Å². The Hall–Kier alpha value is -3.46. The molecule has 0 spiro atoms. The Morgan fingerprint density at radius 3 is 2.30 bits per heavy atom. The van der Waals surface area contributed by atoms with Gasteiger partial charge in [0, 0.05) is 22.9 Å². The largest absolute Gasteiger partial charge is 0.468 e. The summed E-state index contributed by atoms with van der Waals surface area (Å²) in [5, 5.41) is 15.8. The predicted molar refractivity (Wildman–Crippen MR) is 96.9 cm³/mol. The zero-order chi connectivity index (χ0) is 20.0. The Labute approximate surface area is 158 Å². The lowest BCUT2D eigenvalue weighted by Crippen LogP contribution is -2.30. The molecule has 0 aliphatic rings. The summed E-state index contributed by atoms with van der Waals surface area (Å²) >= 11 is 5.72. The number of amides is 2. The third-order valence-corrected chi connectivity index (χ3v) is 3.75. The molecule has 140 valence electrons. The number of hydrogen-bond acceptors (Lipinski definition) is 6. The van der Waals surface area contributed by atoms with E-state index >= 15 is 0 Å². The van der Waals surface area contributed by atoms with Crippen molar-refractivity contribution in [1.29, 1.82) is 0 Å². The minimum absolute atomic E-state index is 0.0611. The molecule has 0 heterocycles. The fourth-order valence-corrected chi connectivity index (χ4v) is 2.22. The molecular weight excluding hydrogens is 378 g/mol. The van der Waals surface area contributed by atoms with Gasteiger partial charge in [0.25, 0.3) is 17.5 Å². The predicted octanol–water partition coefficient (Wildman–Crippen LogP) is 2.40. The average molecular weight is 392 g/mol. The lowest BCUT2D eigenvalue weighted by atomic mass is 10.1. The van der Waals surface area contributed by atoms with Crippen molar-refractivity contribution in [2.75, 3.05) is 19.0 Å². The quantitative estimate of drug-likeness (QED) is 0.442. The first-order valence-electron chi connectivity index (χ1n) is 7.52. The smallest absolute Gasteiger partial charge is 0.325 e. The zero-order valence-corrected chi connectivity index (χ0v) is 14.8. The number of methoxy groups -OCH3 is 1. The minimum atomic E-state index is -0.680. The number of carbonyl (C=O) groups excluding carboxylic acids is 3. The van der Waals surface area contributed by atoms with Gasteiger partial charge in [0.05, 0.1) is 12.0 Å². The van der Waals surface area contributed by atoms with E-state index in [1.54, 1.807) is 0 Å². The highest BCUT2D eigenvalue weighted by atomic mass is 35.5. The standard InChI is InChI=1S/C17H14ClN3O6/c1-27-15(22)9-19-16(23)10-2-5-12(6-3-10)20-17(24)11-4-7-13(18)14(8-11)21(25)26/h2-8H,9H2,1H3,(H,19,23)(H,20,24). The first-order valence-corrected chi connectivity index (χ1v) is 7.90. The molecule has 0 saturated heterocycles. The summed E-state index contributed by atoms with van der Waals surface area (Å²) in [6, 6.07) is 9.57. The normalized spacial score (nSPS) is 10.0. The molecule has 2 N–H and O–H groups in total. The van der Waals surface area contributed by atoms with E-state index in [4.69, 9.17) is 11.6 Å². The summed E-state index contributed by atoms with van der Waals surface area (Å²) in [5.74, 6) is -1.63. The number of halogens is 1. The number of nitrogens with one attached hydrogen (secondary N) is 2. The van der Waals surface area contributed by atoms with E-state index in [0.29, 0.717) is 5.69 Å². The van der Waals surface area contributed by atoms with Crippen LogP contribution in [-0.4, -0.2) is 36.4 Å². The van der Waals surface area contributed by atoms with Gasteiger partial charge in [0.15, 0.2) is 0 Å². The number of benzene rings is 2. The van der Waals surface area contributed by atoms with Gasteiger partial charge in [-0.2, -0.15) is 0 Å². The number of nitro benzene ring substituents is 1. The zero-order valence-electron chi connectivity index (χ0n) is 14.0. The van der Waals surface area contributed by atoms with Crippen LogP contribution in [0.3, 0.4) is 0 Å². The number of hydrogen-bond donors (Lipinski definition) is 2. The molecular formula is C17H14ClN3O6. The number of nitrogens with zero attached hydrogens (tertiary/aromatic N) is 1. The molecule has 2 aromatic carbocycles. The maximum absolute atomic E-state index is 12.2. The first kappa shape index (κ1) is 19.9. The fourth-order valence-electron chi connectivity index (χ4n) is 2.03. The average Bonchev–Trinajstić information content (AvgIpc) is 2.66. The van der Waals surface area contributed by atoms with Crippen LogP contribution in [0, 0.1) is 10.1 Å². The maximum atomic E-state index is 12.2. The molecule has 9 nitrogen and oxygen atoms in total. The summed E-state index contributed by atoms with van der Waals surface area (Å²) in [6.45, 7) is -0.261. The molecule has 0 saturated carbocycles. The Bertz CT molecular complexity index is 898. The van der Waals surface area contributed by atoms with Crippen molar-refractivity contribution in [2.24, 2.45) is 0 Å². The van der Waals surface area contributed by atoms with Gasteiger partial charge in [-0.1, -0.05) is 11.6 Å². The van der Waals surface area contributed by atoms with Crippen molar-refractivity contribution < 1.29 is 24.0 Å². The molecule has 0 radical (unpaired) electrons. The van der Waals surface area contributed by atoms with Crippen LogP contribution in [0.4, 0.5) is 11.4 Å². The van der Waals surface area contributed by atoms with Crippen LogP contribution in [0.25, 0.3) is 0 Å². The van der Waals surface area contributed by atoms with Gasteiger partial charge in [-0.05, 0) is 36.4 Å². The van der Waals surface area contributed by atoms with Gasteiger partial charge in [-0.25, -0.2) is 0 Å². The second-order valence-corrected chi connectivity index (χ2v) is 5.62. The van der Waals surface area contributed by atoms with Crippen LogP contribution in [-0.2, 0) is 9.53 Å². The number of rotatable bonds is 6.